The minimum absolute atomic E-state index is 0.0372. The Hall–Kier alpha value is -1.51. The predicted octanol–water partition coefficient (Wildman–Crippen LogP) is 1.86. The minimum Gasteiger partial charge on any atom is -0.469 e. The second-order valence-electron chi connectivity index (χ2n) is 5.20. The lowest BCUT2D eigenvalue weighted by Gasteiger charge is -2.68. The highest BCUT2D eigenvalue weighted by atomic mass is 16.5. The van der Waals surface area contributed by atoms with Gasteiger partial charge in [0.05, 0.1) is 12.5 Å². The highest BCUT2D eigenvalue weighted by Gasteiger charge is 2.72. The van der Waals surface area contributed by atoms with Gasteiger partial charge in [-0.2, -0.15) is 0 Å². The number of nitrogen functional groups attached to an aromatic ring is 1. The molecule has 16 heavy (non-hydrogen) atoms. The molecule has 0 amide bonds. The highest BCUT2D eigenvalue weighted by molar-refractivity contribution is 5.82. The smallest absolute Gasteiger partial charge is 0.311 e. The number of carbonyl (C=O) groups is 1. The summed E-state index contributed by atoms with van der Waals surface area (Å²) in [6.45, 7) is 0. The lowest BCUT2D eigenvalue weighted by atomic mass is 9.33. The summed E-state index contributed by atoms with van der Waals surface area (Å²) >= 11 is 0. The molecule has 3 fully saturated rings. The van der Waals surface area contributed by atoms with Gasteiger partial charge in [0.1, 0.15) is 0 Å². The quantitative estimate of drug-likeness (QED) is 0.607. The minimum atomic E-state index is -0.157. The van der Waals surface area contributed by atoms with Crippen LogP contribution in [0.25, 0.3) is 0 Å². The largest absolute Gasteiger partial charge is 0.469 e. The Balaban J connectivity index is 1.78. The Bertz CT molecular complexity index is 430. The van der Waals surface area contributed by atoms with Crippen molar-refractivity contribution in [3.05, 3.63) is 29.8 Å². The van der Waals surface area contributed by atoms with Crippen molar-refractivity contribution < 1.29 is 9.53 Å². The average molecular weight is 217 g/mol. The fraction of sp³-hybridized carbons (Fsp3) is 0.462. The topological polar surface area (TPSA) is 52.3 Å². The molecule has 0 saturated heterocycles. The molecule has 3 saturated carbocycles. The van der Waals surface area contributed by atoms with Gasteiger partial charge >= 0.3 is 5.97 Å². The summed E-state index contributed by atoms with van der Waals surface area (Å²) in [5.41, 5.74) is 7.85. The summed E-state index contributed by atoms with van der Waals surface area (Å²) < 4.78 is 4.84. The van der Waals surface area contributed by atoms with Crippen LogP contribution < -0.4 is 5.73 Å². The van der Waals surface area contributed by atoms with Crippen LogP contribution in [-0.4, -0.2) is 13.1 Å². The van der Waals surface area contributed by atoms with Gasteiger partial charge in [-0.1, -0.05) is 12.1 Å². The fourth-order valence-electron chi connectivity index (χ4n) is 3.36. The van der Waals surface area contributed by atoms with Crippen molar-refractivity contribution in [2.75, 3.05) is 12.8 Å². The van der Waals surface area contributed by atoms with E-state index in [9.17, 15) is 4.79 Å². The van der Waals surface area contributed by atoms with Crippen LogP contribution in [0.5, 0.6) is 0 Å². The molecule has 0 unspecified atom stereocenters. The monoisotopic (exact) mass is 217 g/mol. The van der Waals surface area contributed by atoms with Crippen LogP contribution in [0, 0.1) is 5.41 Å². The van der Waals surface area contributed by atoms with E-state index in [0.717, 1.165) is 24.9 Å². The van der Waals surface area contributed by atoms with E-state index in [1.807, 2.05) is 12.1 Å². The Morgan fingerprint density at radius 1 is 1.25 bits per heavy atom. The molecule has 0 aliphatic heterocycles. The molecular formula is C13H15NO2. The first-order valence-corrected chi connectivity index (χ1v) is 5.55. The summed E-state index contributed by atoms with van der Waals surface area (Å²) in [5, 5.41) is 0. The number of carbonyl (C=O) groups excluding carboxylic acids is 1. The maximum absolute atomic E-state index is 11.5. The maximum Gasteiger partial charge on any atom is 0.311 e. The fourth-order valence-corrected chi connectivity index (χ4v) is 3.36. The van der Waals surface area contributed by atoms with Crippen LogP contribution in [0.4, 0.5) is 5.69 Å². The van der Waals surface area contributed by atoms with E-state index in [-0.39, 0.29) is 16.8 Å². The third-order valence-electron chi connectivity index (χ3n) is 4.17. The van der Waals surface area contributed by atoms with Crippen molar-refractivity contribution in [2.45, 2.75) is 24.7 Å². The van der Waals surface area contributed by atoms with Gasteiger partial charge in [-0.25, -0.2) is 0 Å². The molecule has 2 N–H and O–H groups in total. The van der Waals surface area contributed by atoms with E-state index in [1.54, 1.807) is 0 Å². The van der Waals surface area contributed by atoms with Gasteiger partial charge in [-0.3, -0.25) is 4.79 Å². The number of hydrogen-bond donors (Lipinski definition) is 1. The number of ether oxygens (including phenoxy) is 1. The molecule has 1 aromatic rings. The normalized spacial score (nSPS) is 34.8. The molecular weight excluding hydrogens is 202 g/mol. The zero-order valence-corrected chi connectivity index (χ0v) is 9.32. The molecule has 1 aromatic carbocycles. The van der Waals surface area contributed by atoms with E-state index in [1.165, 1.54) is 12.7 Å². The number of benzene rings is 1. The molecule has 3 heteroatoms. The molecule has 84 valence electrons. The van der Waals surface area contributed by atoms with Crippen molar-refractivity contribution in [1.82, 2.24) is 0 Å². The first-order valence-electron chi connectivity index (χ1n) is 5.55. The number of nitrogens with two attached hydrogens (primary N) is 1. The van der Waals surface area contributed by atoms with Gasteiger partial charge in [-0.05, 0) is 42.4 Å². The zero-order valence-electron chi connectivity index (χ0n) is 9.32. The molecule has 4 rings (SSSR count). The SMILES string of the molecule is COC(=O)C12CC(c3ccc(N)cc3)(C1)C2. The van der Waals surface area contributed by atoms with E-state index < -0.39 is 0 Å². The van der Waals surface area contributed by atoms with Crippen LogP contribution in [-0.2, 0) is 14.9 Å². The summed E-state index contributed by atoms with van der Waals surface area (Å²) in [6.07, 6.45) is 2.82. The van der Waals surface area contributed by atoms with Crippen molar-refractivity contribution in [3.8, 4) is 0 Å². The number of anilines is 1. The van der Waals surface area contributed by atoms with Gasteiger partial charge in [-0.15, -0.1) is 0 Å². The summed E-state index contributed by atoms with van der Waals surface area (Å²) in [6, 6.07) is 8.02. The van der Waals surface area contributed by atoms with Crippen LogP contribution in [0.2, 0.25) is 0 Å². The molecule has 0 aromatic heterocycles. The maximum atomic E-state index is 11.5. The first-order chi connectivity index (χ1) is 7.60. The second kappa shape index (κ2) is 2.78. The van der Waals surface area contributed by atoms with Crippen LogP contribution in [0.15, 0.2) is 24.3 Å². The number of methoxy groups -OCH3 is 1. The predicted molar refractivity (Wildman–Crippen MR) is 60.8 cm³/mol. The molecule has 0 spiro atoms. The molecule has 0 atom stereocenters. The van der Waals surface area contributed by atoms with Gasteiger partial charge in [0.15, 0.2) is 0 Å². The average Bonchev–Trinajstić information content (AvgIpc) is 2.16. The van der Waals surface area contributed by atoms with Crippen molar-refractivity contribution in [3.63, 3.8) is 0 Å². The molecule has 3 aliphatic rings. The molecule has 2 bridgehead atoms. The van der Waals surface area contributed by atoms with Crippen LogP contribution >= 0.6 is 0 Å². The summed E-state index contributed by atoms with van der Waals surface area (Å²) in [4.78, 5) is 11.5. The second-order valence-corrected chi connectivity index (χ2v) is 5.20. The summed E-state index contributed by atoms with van der Waals surface area (Å²) in [7, 11) is 1.47. The molecule has 0 radical (unpaired) electrons. The van der Waals surface area contributed by atoms with Crippen molar-refractivity contribution in [2.24, 2.45) is 5.41 Å². The third-order valence-corrected chi connectivity index (χ3v) is 4.17. The van der Waals surface area contributed by atoms with Crippen molar-refractivity contribution in [1.29, 1.82) is 0 Å². The summed E-state index contributed by atoms with van der Waals surface area (Å²) in [5.74, 6) is -0.0372. The Labute approximate surface area is 94.6 Å². The van der Waals surface area contributed by atoms with Gasteiger partial charge in [0, 0.05) is 5.69 Å². The molecule has 3 aliphatic carbocycles. The number of esters is 1. The lowest BCUT2D eigenvalue weighted by molar-refractivity contribution is -0.198. The van der Waals surface area contributed by atoms with Crippen LogP contribution in [0.3, 0.4) is 0 Å². The van der Waals surface area contributed by atoms with Crippen molar-refractivity contribution >= 4 is 11.7 Å². The van der Waals surface area contributed by atoms with Gasteiger partial charge < -0.3 is 10.5 Å². The number of rotatable bonds is 2. The van der Waals surface area contributed by atoms with Gasteiger partial charge in [0.2, 0.25) is 0 Å². The van der Waals surface area contributed by atoms with Crippen LogP contribution in [0.1, 0.15) is 24.8 Å². The third kappa shape index (κ3) is 1.01. The molecule has 0 heterocycles. The lowest BCUT2D eigenvalue weighted by Crippen LogP contribution is -2.68. The van der Waals surface area contributed by atoms with E-state index >= 15 is 0 Å². The zero-order chi connectivity index (χ0) is 11.4. The van der Waals surface area contributed by atoms with Gasteiger partial charge in [0.25, 0.3) is 0 Å². The standard InChI is InChI=1S/C13H15NO2/c1-16-11(15)13-6-12(7-13,8-13)9-2-4-10(14)5-3-9/h2-5H,6-8,14H2,1H3. The molecule has 3 nitrogen and oxygen atoms in total. The van der Waals surface area contributed by atoms with E-state index in [0.29, 0.717) is 0 Å². The Morgan fingerprint density at radius 3 is 2.31 bits per heavy atom. The Kier molecular flexibility index (Phi) is 1.69. The Morgan fingerprint density at radius 2 is 1.81 bits per heavy atom. The highest BCUT2D eigenvalue weighted by Crippen LogP contribution is 2.73. The van der Waals surface area contributed by atoms with E-state index in [2.05, 4.69) is 12.1 Å². The number of hydrogen-bond acceptors (Lipinski definition) is 3. The first kappa shape index (κ1) is 9.70. The van der Waals surface area contributed by atoms with E-state index in [4.69, 9.17) is 10.5 Å².